The van der Waals surface area contributed by atoms with Gasteiger partial charge in [-0.05, 0) is 24.3 Å². The molecule has 2 N–H and O–H groups in total. The lowest BCUT2D eigenvalue weighted by molar-refractivity contribution is 0.195. The van der Waals surface area contributed by atoms with E-state index in [1.54, 1.807) is 30.3 Å². The van der Waals surface area contributed by atoms with Crippen molar-refractivity contribution in [2.45, 2.75) is 0 Å². The monoisotopic (exact) mass is 274 g/mol. The van der Waals surface area contributed by atoms with E-state index in [4.69, 9.17) is 16.3 Å². The van der Waals surface area contributed by atoms with Crippen LogP contribution >= 0.6 is 0 Å². The Kier molecular flexibility index (Phi) is 6.72. The average molecular weight is 274 g/mol. The summed E-state index contributed by atoms with van der Waals surface area (Å²) in [6.45, 7) is 4.30. The van der Waals surface area contributed by atoms with Gasteiger partial charge in [0.2, 0.25) is 0 Å². The second kappa shape index (κ2) is 8.62. The number of ether oxygens (including phenoxy) is 1. The van der Waals surface area contributed by atoms with Gasteiger partial charge in [0.25, 0.3) is 0 Å². The van der Waals surface area contributed by atoms with Crippen molar-refractivity contribution >= 4 is 11.7 Å². The number of anilines is 1. The third-order valence-electron chi connectivity index (χ3n) is 2.43. The highest BCUT2D eigenvalue weighted by Crippen LogP contribution is 2.16. The summed E-state index contributed by atoms with van der Waals surface area (Å²) < 4.78 is 5.23. The highest BCUT2D eigenvalue weighted by molar-refractivity contribution is 5.89. The summed E-state index contributed by atoms with van der Waals surface area (Å²) in [5.74, 6) is 3.01. The number of carbonyl (C=O) groups is 1. The molecule has 2 amide bonds. The number of nitrogens with zero attached hydrogens (tertiary/aromatic N) is 1. The molecule has 0 atom stereocenters. The van der Waals surface area contributed by atoms with Crippen molar-refractivity contribution in [3.05, 3.63) is 36.9 Å². The van der Waals surface area contributed by atoms with E-state index >= 15 is 0 Å². The second-order valence-corrected chi connectivity index (χ2v) is 3.91. The van der Waals surface area contributed by atoms with Crippen LogP contribution in [0.25, 0.3) is 0 Å². The molecule has 0 aliphatic rings. The quantitative estimate of drug-likeness (QED) is 0.588. The highest BCUT2D eigenvalue weighted by atomic mass is 16.5. The van der Waals surface area contributed by atoms with Crippen LogP contribution in [0.15, 0.2) is 36.9 Å². The van der Waals surface area contributed by atoms with Crippen LogP contribution in [0, 0.1) is 12.3 Å². The third-order valence-corrected chi connectivity index (χ3v) is 2.43. The van der Waals surface area contributed by atoms with Gasteiger partial charge in [-0.1, -0.05) is 12.0 Å². The number of benzene rings is 1. The number of aliphatic hydroxyl groups is 1. The Hall–Kier alpha value is -2.45. The fraction of sp³-hybridized carbons (Fsp3) is 0.267. The molecule has 5 nitrogen and oxygen atoms in total. The van der Waals surface area contributed by atoms with Crippen molar-refractivity contribution in [2.24, 2.45) is 0 Å². The first-order valence-electron chi connectivity index (χ1n) is 6.15. The summed E-state index contributed by atoms with van der Waals surface area (Å²) in [5, 5.41) is 11.6. The van der Waals surface area contributed by atoms with Crippen LogP contribution in [-0.4, -0.2) is 42.3 Å². The first kappa shape index (κ1) is 15.6. The van der Waals surface area contributed by atoms with E-state index in [-0.39, 0.29) is 25.8 Å². The molecule has 0 bridgehead atoms. The predicted molar refractivity (Wildman–Crippen MR) is 78.6 cm³/mol. The number of amides is 2. The third kappa shape index (κ3) is 5.04. The Balaban J connectivity index is 2.60. The molecule has 1 aromatic carbocycles. The molecule has 20 heavy (non-hydrogen) atoms. The van der Waals surface area contributed by atoms with Crippen molar-refractivity contribution in [3.63, 3.8) is 0 Å². The molecule has 0 aliphatic carbocycles. The molecular weight excluding hydrogens is 256 g/mol. The van der Waals surface area contributed by atoms with Crippen LogP contribution < -0.4 is 10.1 Å². The number of urea groups is 1. The van der Waals surface area contributed by atoms with E-state index in [2.05, 4.69) is 17.8 Å². The van der Waals surface area contributed by atoms with Crippen LogP contribution in [0.1, 0.15) is 0 Å². The number of nitrogens with one attached hydrogen (secondary N) is 1. The van der Waals surface area contributed by atoms with Gasteiger partial charge in [0.05, 0.1) is 6.61 Å². The standard InChI is InChI=1S/C15H18N2O3/c1-3-9-17(10-11-18)15(19)16-13-5-7-14(8-6-13)20-12-4-2/h2-3,5-8,18H,1,9-12H2,(H,16,19). The normalized spacial score (nSPS) is 9.40. The van der Waals surface area contributed by atoms with Crippen molar-refractivity contribution in [3.8, 4) is 18.1 Å². The van der Waals surface area contributed by atoms with Gasteiger partial charge in [0, 0.05) is 18.8 Å². The smallest absolute Gasteiger partial charge is 0.322 e. The van der Waals surface area contributed by atoms with Crippen molar-refractivity contribution in [1.29, 1.82) is 0 Å². The minimum absolute atomic E-state index is 0.0971. The summed E-state index contributed by atoms with van der Waals surface area (Å²) in [6.07, 6.45) is 6.70. The Labute approximate surface area is 118 Å². The Morgan fingerprint density at radius 2 is 2.20 bits per heavy atom. The Bertz CT molecular complexity index is 477. The topological polar surface area (TPSA) is 61.8 Å². The minimum atomic E-state index is -0.295. The number of hydrogen-bond acceptors (Lipinski definition) is 3. The molecule has 0 aromatic heterocycles. The van der Waals surface area contributed by atoms with Gasteiger partial charge in [-0.25, -0.2) is 4.79 Å². The van der Waals surface area contributed by atoms with E-state index in [0.29, 0.717) is 18.0 Å². The van der Waals surface area contributed by atoms with Crippen LogP contribution in [0.4, 0.5) is 10.5 Å². The zero-order valence-corrected chi connectivity index (χ0v) is 11.2. The second-order valence-electron chi connectivity index (χ2n) is 3.91. The van der Waals surface area contributed by atoms with E-state index < -0.39 is 0 Å². The molecule has 5 heteroatoms. The SMILES string of the molecule is C#CCOc1ccc(NC(=O)N(CC=C)CCO)cc1. The number of rotatable bonds is 7. The molecule has 106 valence electrons. The first-order chi connectivity index (χ1) is 9.71. The van der Waals surface area contributed by atoms with Gasteiger partial charge < -0.3 is 20.1 Å². The lowest BCUT2D eigenvalue weighted by Gasteiger charge is -2.20. The molecule has 0 radical (unpaired) electrons. The van der Waals surface area contributed by atoms with Gasteiger partial charge in [-0.2, -0.15) is 0 Å². The fourth-order valence-corrected chi connectivity index (χ4v) is 1.51. The zero-order valence-electron chi connectivity index (χ0n) is 11.2. The van der Waals surface area contributed by atoms with Crippen LogP contribution in [0.3, 0.4) is 0 Å². The number of hydrogen-bond donors (Lipinski definition) is 2. The number of carbonyl (C=O) groups excluding carboxylic acids is 1. The largest absolute Gasteiger partial charge is 0.481 e. The van der Waals surface area contributed by atoms with Crippen LogP contribution in [0.2, 0.25) is 0 Å². The highest BCUT2D eigenvalue weighted by Gasteiger charge is 2.11. The Morgan fingerprint density at radius 1 is 1.50 bits per heavy atom. The lowest BCUT2D eigenvalue weighted by Crippen LogP contribution is -2.37. The summed E-state index contributed by atoms with van der Waals surface area (Å²) >= 11 is 0. The molecule has 0 unspecified atom stereocenters. The summed E-state index contributed by atoms with van der Waals surface area (Å²) in [5.41, 5.74) is 0.634. The lowest BCUT2D eigenvalue weighted by atomic mass is 10.3. The summed E-state index contributed by atoms with van der Waals surface area (Å²) in [7, 11) is 0. The number of aliphatic hydroxyl groups excluding tert-OH is 1. The van der Waals surface area contributed by atoms with Crippen molar-refractivity contribution in [2.75, 3.05) is 31.6 Å². The van der Waals surface area contributed by atoms with Crippen molar-refractivity contribution < 1.29 is 14.6 Å². The van der Waals surface area contributed by atoms with Gasteiger partial charge >= 0.3 is 6.03 Å². The molecule has 0 saturated heterocycles. The van der Waals surface area contributed by atoms with E-state index in [0.717, 1.165) is 0 Å². The zero-order chi connectivity index (χ0) is 14.8. The maximum atomic E-state index is 11.9. The molecule has 0 saturated carbocycles. The average Bonchev–Trinajstić information content (AvgIpc) is 2.46. The van der Waals surface area contributed by atoms with Crippen LogP contribution in [-0.2, 0) is 0 Å². The first-order valence-corrected chi connectivity index (χ1v) is 6.15. The van der Waals surface area contributed by atoms with Gasteiger partial charge in [-0.15, -0.1) is 13.0 Å². The molecule has 0 aliphatic heterocycles. The molecular formula is C15H18N2O3. The van der Waals surface area contributed by atoms with E-state index in [1.807, 2.05) is 0 Å². The fourth-order valence-electron chi connectivity index (χ4n) is 1.51. The maximum Gasteiger partial charge on any atom is 0.322 e. The molecule has 0 spiro atoms. The van der Waals surface area contributed by atoms with E-state index in [1.165, 1.54) is 4.90 Å². The Morgan fingerprint density at radius 3 is 2.75 bits per heavy atom. The molecule has 1 aromatic rings. The summed E-state index contributed by atoms with van der Waals surface area (Å²) in [6, 6.07) is 6.58. The molecule has 0 heterocycles. The van der Waals surface area contributed by atoms with Gasteiger partial charge in [0.1, 0.15) is 12.4 Å². The molecule has 0 fully saturated rings. The maximum absolute atomic E-state index is 11.9. The van der Waals surface area contributed by atoms with Gasteiger partial charge in [0.15, 0.2) is 0 Å². The summed E-state index contributed by atoms with van der Waals surface area (Å²) in [4.78, 5) is 13.4. The van der Waals surface area contributed by atoms with Crippen molar-refractivity contribution in [1.82, 2.24) is 4.90 Å². The number of terminal acetylenes is 1. The minimum Gasteiger partial charge on any atom is -0.481 e. The molecule has 1 rings (SSSR count). The van der Waals surface area contributed by atoms with Crippen LogP contribution in [0.5, 0.6) is 5.75 Å². The van der Waals surface area contributed by atoms with E-state index in [9.17, 15) is 4.79 Å². The van der Waals surface area contributed by atoms with Gasteiger partial charge in [-0.3, -0.25) is 0 Å². The predicted octanol–water partition coefficient (Wildman–Crippen LogP) is 1.71.